The fourth-order valence-corrected chi connectivity index (χ4v) is 2.42. The molecule has 4 nitrogen and oxygen atoms in total. The van der Waals surface area contributed by atoms with E-state index in [4.69, 9.17) is 14.7 Å². The van der Waals surface area contributed by atoms with Gasteiger partial charge in [-0.1, -0.05) is 6.07 Å². The summed E-state index contributed by atoms with van der Waals surface area (Å²) >= 11 is 0. The number of hydrogen-bond donors (Lipinski definition) is 1. The van der Waals surface area contributed by atoms with Crippen LogP contribution in [0.5, 0.6) is 5.75 Å². The van der Waals surface area contributed by atoms with Crippen LogP contribution in [0.25, 0.3) is 0 Å². The van der Waals surface area contributed by atoms with Gasteiger partial charge in [0.25, 0.3) is 0 Å². The van der Waals surface area contributed by atoms with Crippen LogP contribution >= 0.6 is 0 Å². The maximum atomic E-state index is 8.96. The molecule has 1 fully saturated rings. The van der Waals surface area contributed by atoms with Gasteiger partial charge in [-0.25, -0.2) is 0 Å². The molecule has 0 radical (unpaired) electrons. The SMILES string of the molecule is COCCC1(CNCc2ccc(C#N)c(OC)c2)CC1. The summed E-state index contributed by atoms with van der Waals surface area (Å²) in [6.45, 7) is 2.67. The van der Waals surface area contributed by atoms with Gasteiger partial charge in [-0.2, -0.15) is 5.26 Å². The lowest BCUT2D eigenvalue weighted by Gasteiger charge is -2.15. The van der Waals surface area contributed by atoms with Crippen molar-refractivity contribution < 1.29 is 9.47 Å². The summed E-state index contributed by atoms with van der Waals surface area (Å²) in [5.74, 6) is 0.646. The third kappa shape index (κ3) is 3.72. The zero-order valence-electron chi connectivity index (χ0n) is 12.2. The third-order valence-corrected chi connectivity index (χ3v) is 4.01. The zero-order valence-corrected chi connectivity index (χ0v) is 12.2. The Labute approximate surface area is 120 Å². The summed E-state index contributed by atoms with van der Waals surface area (Å²) in [5.41, 5.74) is 2.17. The highest BCUT2D eigenvalue weighted by Gasteiger charge is 2.41. The summed E-state index contributed by atoms with van der Waals surface area (Å²) in [7, 11) is 3.35. The normalized spacial score (nSPS) is 15.7. The molecule has 0 spiro atoms. The largest absolute Gasteiger partial charge is 0.495 e. The predicted octanol–water partition coefficient (Wildman–Crippen LogP) is 2.47. The Morgan fingerprint density at radius 3 is 2.75 bits per heavy atom. The maximum Gasteiger partial charge on any atom is 0.136 e. The number of nitriles is 1. The third-order valence-electron chi connectivity index (χ3n) is 4.01. The molecule has 0 heterocycles. The Balaban J connectivity index is 1.84. The standard InChI is InChI=1S/C16H22N2O2/c1-19-8-7-16(5-6-16)12-18-11-13-3-4-14(10-17)15(9-13)20-2/h3-4,9,18H,5-8,11-12H2,1-2H3. The van der Waals surface area contributed by atoms with Gasteiger partial charge in [-0.15, -0.1) is 0 Å². The van der Waals surface area contributed by atoms with Gasteiger partial charge in [0, 0.05) is 26.8 Å². The number of rotatable bonds is 8. The molecule has 0 unspecified atom stereocenters. The van der Waals surface area contributed by atoms with Gasteiger partial charge in [-0.05, 0) is 42.4 Å². The first kappa shape index (κ1) is 14.8. The monoisotopic (exact) mass is 274 g/mol. The van der Waals surface area contributed by atoms with Crippen LogP contribution in [0.3, 0.4) is 0 Å². The number of ether oxygens (including phenoxy) is 2. The summed E-state index contributed by atoms with van der Waals surface area (Å²) < 4.78 is 10.4. The molecule has 1 aliphatic carbocycles. The van der Waals surface area contributed by atoms with Crippen molar-refractivity contribution in [3.63, 3.8) is 0 Å². The molecule has 4 heteroatoms. The summed E-state index contributed by atoms with van der Waals surface area (Å²) in [4.78, 5) is 0. The summed E-state index contributed by atoms with van der Waals surface area (Å²) in [5, 5.41) is 12.5. The van der Waals surface area contributed by atoms with Crippen molar-refractivity contribution in [2.24, 2.45) is 5.41 Å². The second kappa shape index (κ2) is 6.74. The van der Waals surface area contributed by atoms with Crippen molar-refractivity contribution in [3.05, 3.63) is 29.3 Å². The van der Waals surface area contributed by atoms with Crippen molar-refractivity contribution in [3.8, 4) is 11.8 Å². The Morgan fingerprint density at radius 2 is 2.15 bits per heavy atom. The molecule has 1 aromatic rings. The minimum absolute atomic E-state index is 0.451. The van der Waals surface area contributed by atoms with Crippen molar-refractivity contribution >= 4 is 0 Å². The Bertz CT molecular complexity index is 490. The fourth-order valence-electron chi connectivity index (χ4n) is 2.42. The van der Waals surface area contributed by atoms with Gasteiger partial charge in [0.1, 0.15) is 11.8 Å². The first-order valence-corrected chi connectivity index (χ1v) is 7.00. The number of hydrogen-bond acceptors (Lipinski definition) is 4. The fraction of sp³-hybridized carbons (Fsp3) is 0.562. The topological polar surface area (TPSA) is 54.3 Å². The van der Waals surface area contributed by atoms with Gasteiger partial charge >= 0.3 is 0 Å². The van der Waals surface area contributed by atoms with E-state index in [0.717, 1.165) is 31.7 Å². The number of benzene rings is 1. The number of nitrogens with one attached hydrogen (secondary N) is 1. The average molecular weight is 274 g/mol. The van der Waals surface area contributed by atoms with Crippen molar-refractivity contribution in [1.29, 1.82) is 5.26 Å². The number of methoxy groups -OCH3 is 2. The van der Waals surface area contributed by atoms with Gasteiger partial charge in [0.05, 0.1) is 12.7 Å². The van der Waals surface area contributed by atoms with Crippen LogP contribution in [-0.2, 0) is 11.3 Å². The molecule has 1 N–H and O–H groups in total. The van der Waals surface area contributed by atoms with E-state index in [1.165, 1.54) is 12.8 Å². The molecule has 0 saturated heterocycles. The minimum Gasteiger partial charge on any atom is -0.495 e. The summed E-state index contributed by atoms with van der Waals surface area (Å²) in [6, 6.07) is 7.85. The highest BCUT2D eigenvalue weighted by Crippen LogP contribution is 2.48. The van der Waals surface area contributed by atoms with E-state index in [1.54, 1.807) is 14.2 Å². The van der Waals surface area contributed by atoms with Crippen molar-refractivity contribution in [2.75, 3.05) is 27.4 Å². The quantitative estimate of drug-likeness (QED) is 0.791. The molecule has 0 bridgehead atoms. The van der Waals surface area contributed by atoms with Gasteiger partial charge in [0.15, 0.2) is 0 Å². The molecule has 108 valence electrons. The molecular weight excluding hydrogens is 252 g/mol. The molecule has 0 aromatic heterocycles. The highest BCUT2D eigenvalue weighted by atomic mass is 16.5. The molecule has 0 aliphatic heterocycles. The first-order valence-electron chi connectivity index (χ1n) is 7.00. The van der Waals surface area contributed by atoms with Crippen LogP contribution in [0.1, 0.15) is 30.4 Å². The zero-order chi connectivity index (χ0) is 14.4. The lowest BCUT2D eigenvalue weighted by molar-refractivity contribution is 0.171. The molecular formula is C16H22N2O2. The average Bonchev–Trinajstić information content (AvgIpc) is 3.25. The summed E-state index contributed by atoms with van der Waals surface area (Å²) in [6.07, 6.45) is 3.72. The second-order valence-corrected chi connectivity index (χ2v) is 5.49. The minimum atomic E-state index is 0.451. The van der Waals surface area contributed by atoms with Gasteiger partial charge in [-0.3, -0.25) is 0 Å². The molecule has 20 heavy (non-hydrogen) atoms. The van der Waals surface area contributed by atoms with Crippen LogP contribution in [0.15, 0.2) is 18.2 Å². The van der Waals surface area contributed by atoms with Crippen LogP contribution in [0.2, 0.25) is 0 Å². The smallest absolute Gasteiger partial charge is 0.136 e. The first-order chi connectivity index (χ1) is 9.73. The van der Waals surface area contributed by atoms with Crippen LogP contribution in [0, 0.1) is 16.7 Å². The van der Waals surface area contributed by atoms with Crippen LogP contribution < -0.4 is 10.1 Å². The van der Waals surface area contributed by atoms with E-state index < -0.39 is 0 Å². The van der Waals surface area contributed by atoms with Gasteiger partial charge in [0.2, 0.25) is 0 Å². The van der Waals surface area contributed by atoms with E-state index in [1.807, 2.05) is 18.2 Å². The van der Waals surface area contributed by atoms with Crippen molar-refractivity contribution in [1.82, 2.24) is 5.32 Å². The lowest BCUT2D eigenvalue weighted by Crippen LogP contribution is -2.24. The van der Waals surface area contributed by atoms with E-state index in [0.29, 0.717) is 16.7 Å². The molecule has 0 amide bonds. The highest BCUT2D eigenvalue weighted by molar-refractivity contribution is 5.45. The molecule has 0 atom stereocenters. The second-order valence-electron chi connectivity index (χ2n) is 5.49. The predicted molar refractivity (Wildman–Crippen MR) is 77.6 cm³/mol. The Hall–Kier alpha value is -1.57. The van der Waals surface area contributed by atoms with Gasteiger partial charge < -0.3 is 14.8 Å². The van der Waals surface area contributed by atoms with Crippen LogP contribution in [-0.4, -0.2) is 27.4 Å². The van der Waals surface area contributed by atoms with Crippen LogP contribution in [0.4, 0.5) is 0 Å². The molecule has 2 rings (SSSR count). The molecule has 1 saturated carbocycles. The Kier molecular flexibility index (Phi) is 4.99. The Morgan fingerprint density at radius 1 is 1.35 bits per heavy atom. The van der Waals surface area contributed by atoms with Crippen molar-refractivity contribution in [2.45, 2.75) is 25.8 Å². The lowest BCUT2D eigenvalue weighted by atomic mass is 10.0. The van der Waals surface area contributed by atoms with E-state index >= 15 is 0 Å². The molecule has 1 aliphatic rings. The number of nitrogens with zero attached hydrogens (tertiary/aromatic N) is 1. The van der Waals surface area contributed by atoms with E-state index in [2.05, 4.69) is 11.4 Å². The maximum absolute atomic E-state index is 8.96. The van der Waals surface area contributed by atoms with E-state index in [-0.39, 0.29) is 0 Å². The van der Waals surface area contributed by atoms with E-state index in [9.17, 15) is 0 Å². The molecule has 1 aromatic carbocycles.